The zero-order valence-electron chi connectivity index (χ0n) is 6.86. The second-order valence-electron chi connectivity index (χ2n) is 2.49. The Balaban J connectivity index is 0.000000845. The largest absolute Gasteiger partial charge is 0.486 e. The second-order valence-corrected chi connectivity index (χ2v) is 2.49. The molecule has 0 bridgehead atoms. The highest BCUT2D eigenvalue weighted by molar-refractivity contribution is 5.85. The van der Waals surface area contributed by atoms with E-state index in [4.69, 9.17) is 9.47 Å². The molecule has 0 saturated heterocycles. The zero-order chi connectivity index (χ0) is 8.39. The van der Waals surface area contributed by atoms with E-state index in [0.29, 0.717) is 30.3 Å². The van der Waals surface area contributed by atoms with E-state index in [1.54, 1.807) is 18.2 Å². The molecule has 0 amide bonds. The van der Waals surface area contributed by atoms with E-state index < -0.39 is 0 Å². The molecular formula is C9H9ClO3. The summed E-state index contributed by atoms with van der Waals surface area (Å²) in [6, 6.07) is 5.28. The third kappa shape index (κ3) is 1.75. The van der Waals surface area contributed by atoms with E-state index in [2.05, 4.69) is 0 Å². The maximum absolute atomic E-state index is 10.5. The smallest absolute Gasteiger partial charge is 0.171 e. The summed E-state index contributed by atoms with van der Waals surface area (Å²) in [5.41, 5.74) is 0.548. The highest BCUT2D eigenvalue weighted by atomic mass is 35.5. The summed E-state index contributed by atoms with van der Waals surface area (Å²) in [5, 5.41) is 0. The molecule has 1 aliphatic rings. The lowest BCUT2D eigenvalue weighted by Crippen LogP contribution is -2.16. The van der Waals surface area contributed by atoms with Gasteiger partial charge in [-0.15, -0.1) is 12.4 Å². The standard InChI is InChI=1S/C9H8O3.ClH/c10-6-7-2-1-3-8-9(7)12-5-4-11-8;/h1-3,6H,4-5H2;1H. The lowest BCUT2D eigenvalue weighted by molar-refractivity contribution is 0.111. The molecule has 13 heavy (non-hydrogen) atoms. The molecule has 1 aliphatic heterocycles. The summed E-state index contributed by atoms with van der Waals surface area (Å²) >= 11 is 0. The number of fused-ring (bicyclic) bond motifs is 1. The molecule has 0 aliphatic carbocycles. The molecular weight excluding hydrogens is 192 g/mol. The zero-order valence-corrected chi connectivity index (χ0v) is 7.67. The van der Waals surface area contributed by atoms with Crippen molar-refractivity contribution >= 4 is 18.7 Å². The maximum atomic E-state index is 10.5. The number of rotatable bonds is 1. The lowest BCUT2D eigenvalue weighted by atomic mass is 10.2. The summed E-state index contributed by atoms with van der Waals surface area (Å²) in [7, 11) is 0. The molecule has 0 aromatic heterocycles. The quantitative estimate of drug-likeness (QED) is 0.648. The fraction of sp³-hybridized carbons (Fsp3) is 0.222. The average Bonchev–Trinajstić information content (AvgIpc) is 2.17. The molecule has 0 fully saturated rings. The van der Waals surface area contributed by atoms with Crippen molar-refractivity contribution in [3.05, 3.63) is 23.8 Å². The molecule has 1 aromatic carbocycles. The SMILES string of the molecule is Cl.O=Cc1cccc2c1OCCO2. The van der Waals surface area contributed by atoms with Crippen LogP contribution in [0, 0.1) is 0 Å². The number of halogens is 1. The fourth-order valence-corrected chi connectivity index (χ4v) is 1.19. The summed E-state index contributed by atoms with van der Waals surface area (Å²) in [5.74, 6) is 1.23. The van der Waals surface area contributed by atoms with E-state index in [-0.39, 0.29) is 12.4 Å². The first-order chi connectivity index (χ1) is 5.92. The molecule has 1 aromatic rings. The van der Waals surface area contributed by atoms with Crippen molar-refractivity contribution in [1.82, 2.24) is 0 Å². The Kier molecular flexibility index (Phi) is 3.14. The monoisotopic (exact) mass is 200 g/mol. The third-order valence-electron chi connectivity index (χ3n) is 1.72. The van der Waals surface area contributed by atoms with Crippen LogP contribution in [0.1, 0.15) is 10.4 Å². The maximum Gasteiger partial charge on any atom is 0.171 e. The van der Waals surface area contributed by atoms with Crippen LogP contribution in [0.15, 0.2) is 18.2 Å². The number of carbonyl (C=O) groups is 1. The number of ether oxygens (including phenoxy) is 2. The van der Waals surface area contributed by atoms with Gasteiger partial charge in [0.2, 0.25) is 0 Å². The van der Waals surface area contributed by atoms with Gasteiger partial charge in [-0.3, -0.25) is 4.79 Å². The van der Waals surface area contributed by atoms with Crippen molar-refractivity contribution in [1.29, 1.82) is 0 Å². The van der Waals surface area contributed by atoms with Gasteiger partial charge in [0.05, 0.1) is 5.56 Å². The number of hydrogen-bond acceptors (Lipinski definition) is 3. The van der Waals surface area contributed by atoms with Crippen LogP contribution in [0.25, 0.3) is 0 Å². The Hall–Kier alpha value is -1.22. The molecule has 0 atom stereocenters. The van der Waals surface area contributed by atoms with Crippen molar-refractivity contribution in [3.8, 4) is 11.5 Å². The summed E-state index contributed by atoms with van der Waals surface area (Å²) in [6.45, 7) is 1.06. The van der Waals surface area contributed by atoms with Gasteiger partial charge in [-0.2, -0.15) is 0 Å². The van der Waals surface area contributed by atoms with Crippen molar-refractivity contribution in [2.24, 2.45) is 0 Å². The molecule has 4 heteroatoms. The van der Waals surface area contributed by atoms with Gasteiger partial charge in [-0.05, 0) is 12.1 Å². The lowest BCUT2D eigenvalue weighted by Gasteiger charge is -2.18. The molecule has 0 radical (unpaired) electrons. The van der Waals surface area contributed by atoms with Crippen LogP contribution in [0.2, 0.25) is 0 Å². The fourth-order valence-electron chi connectivity index (χ4n) is 1.19. The van der Waals surface area contributed by atoms with Crippen LogP contribution in [-0.2, 0) is 0 Å². The van der Waals surface area contributed by atoms with Crippen LogP contribution < -0.4 is 9.47 Å². The third-order valence-corrected chi connectivity index (χ3v) is 1.72. The molecule has 3 nitrogen and oxygen atoms in total. The molecule has 0 unspecified atom stereocenters. The number of aldehydes is 1. The Morgan fingerprint density at radius 3 is 2.77 bits per heavy atom. The normalized spacial score (nSPS) is 12.9. The molecule has 0 N–H and O–H groups in total. The van der Waals surface area contributed by atoms with Crippen molar-refractivity contribution in [3.63, 3.8) is 0 Å². The molecule has 0 spiro atoms. The summed E-state index contributed by atoms with van der Waals surface area (Å²) in [6.07, 6.45) is 0.771. The van der Waals surface area contributed by atoms with Gasteiger partial charge in [0.15, 0.2) is 17.8 Å². The predicted octanol–water partition coefficient (Wildman–Crippen LogP) is 1.69. The molecule has 1 heterocycles. The molecule has 2 rings (SSSR count). The first-order valence-electron chi connectivity index (χ1n) is 3.75. The Morgan fingerprint density at radius 1 is 1.23 bits per heavy atom. The minimum atomic E-state index is 0. The Bertz CT molecular complexity index is 312. The minimum Gasteiger partial charge on any atom is -0.486 e. The van der Waals surface area contributed by atoms with E-state index in [0.717, 1.165) is 6.29 Å². The first-order valence-corrected chi connectivity index (χ1v) is 3.75. The van der Waals surface area contributed by atoms with Crippen molar-refractivity contribution in [2.75, 3.05) is 13.2 Å². The van der Waals surface area contributed by atoms with E-state index >= 15 is 0 Å². The number of benzene rings is 1. The Morgan fingerprint density at radius 2 is 2.00 bits per heavy atom. The van der Waals surface area contributed by atoms with Gasteiger partial charge >= 0.3 is 0 Å². The highest BCUT2D eigenvalue weighted by Gasteiger charge is 2.14. The van der Waals surface area contributed by atoms with Gasteiger partial charge in [0.25, 0.3) is 0 Å². The summed E-state index contributed by atoms with van der Waals surface area (Å²) in [4.78, 5) is 10.5. The summed E-state index contributed by atoms with van der Waals surface area (Å²) < 4.78 is 10.6. The van der Waals surface area contributed by atoms with Crippen LogP contribution >= 0.6 is 12.4 Å². The van der Waals surface area contributed by atoms with E-state index in [1.807, 2.05) is 0 Å². The van der Waals surface area contributed by atoms with Crippen LogP contribution in [0.4, 0.5) is 0 Å². The minimum absolute atomic E-state index is 0. The van der Waals surface area contributed by atoms with Crippen molar-refractivity contribution in [2.45, 2.75) is 0 Å². The molecule has 70 valence electrons. The van der Waals surface area contributed by atoms with Crippen LogP contribution in [0.5, 0.6) is 11.5 Å². The van der Waals surface area contributed by atoms with Gasteiger partial charge in [-0.25, -0.2) is 0 Å². The van der Waals surface area contributed by atoms with Crippen molar-refractivity contribution < 1.29 is 14.3 Å². The second kappa shape index (κ2) is 4.14. The van der Waals surface area contributed by atoms with E-state index in [1.165, 1.54) is 0 Å². The Labute approximate surface area is 82.1 Å². The predicted molar refractivity (Wildman–Crippen MR) is 50.1 cm³/mol. The van der Waals surface area contributed by atoms with Crippen LogP contribution in [-0.4, -0.2) is 19.5 Å². The van der Waals surface area contributed by atoms with Gasteiger partial charge in [-0.1, -0.05) is 6.07 Å². The molecule has 0 saturated carbocycles. The average molecular weight is 201 g/mol. The van der Waals surface area contributed by atoms with Gasteiger partial charge < -0.3 is 9.47 Å². The van der Waals surface area contributed by atoms with E-state index in [9.17, 15) is 4.79 Å². The van der Waals surface area contributed by atoms with Gasteiger partial charge in [0.1, 0.15) is 13.2 Å². The topological polar surface area (TPSA) is 35.5 Å². The van der Waals surface area contributed by atoms with Gasteiger partial charge in [0, 0.05) is 0 Å². The first kappa shape index (κ1) is 9.86. The number of hydrogen-bond donors (Lipinski definition) is 0. The highest BCUT2D eigenvalue weighted by Crippen LogP contribution is 2.32. The number of para-hydroxylation sites is 1. The number of carbonyl (C=O) groups excluding carboxylic acids is 1. The van der Waals surface area contributed by atoms with Crippen LogP contribution in [0.3, 0.4) is 0 Å².